The summed E-state index contributed by atoms with van der Waals surface area (Å²) in [5.41, 5.74) is 0.826. The second kappa shape index (κ2) is 2.73. The molecule has 76 valence electrons. The third kappa shape index (κ3) is 1.63. The van der Waals surface area contributed by atoms with Gasteiger partial charge in [-0.2, -0.15) is 0 Å². The fraction of sp³-hybridized carbons (Fsp3) is 1.00. The van der Waals surface area contributed by atoms with Crippen molar-refractivity contribution in [2.45, 2.75) is 52.6 Å². The van der Waals surface area contributed by atoms with Crippen LogP contribution in [0.5, 0.6) is 0 Å². The van der Waals surface area contributed by atoms with Crippen molar-refractivity contribution >= 4 is 0 Å². The highest BCUT2D eigenvalue weighted by molar-refractivity contribution is 5.01. The van der Waals surface area contributed by atoms with Crippen LogP contribution in [0.2, 0.25) is 0 Å². The standard InChI is InChI=1S/C12H22O/c1-9-7-10(11(2,3)4)5-6-12(9)8-13-12/h9-10H,5-8H2,1-4H3/t9-,10-,12-/m0/s1. The average molecular weight is 182 g/mol. The van der Waals surface area contributed by atoms with E-state index in [0.29, 0.717) is 11.0 Å². The van der Waals surface area contributed by atoms with E-state index in [2.05, 4.69) is 27.7 Å². The zero-order chi connectivity index (χ0) is 9.69. The maximum Gasteiger partial charge on any atom is 0.0942 e. The molecule has 3 atom stereocenters. The maximum absolute atomic E-state index is 5.61. The highest BCUT2D eigenvalue weighted by Gasteiger charge is 2.53. The van der Waals surface area contributed by atoms with Crippen molar-refractivity contribution < 1.29 is 4.74 Å². The van der Waals surface area contributed by atoms with Crippen molar-refractivity contribution in [2.24, 2.45) is 17.3 Å². The Hall–Kier alpha value is -0.0400. The summed E-state index contributed by atoms with van der Waals surface area (Å²) in [5.74, 6) is 1.68. The molecule has 1 heteroatoms. The molecule has 0 aromatic heterocycles. The molecule has 1 saturated heterocycles. The normalized spacial score (nSPS) is 45.2. The Bertz CT molecular complexity index is 198. The van der Waals surface area contributed by atoms with Gasteiger partial charge in [-0.1, -0.05) is 27.7 Å². The Labute approximate surface area is 81.9 Å². The van der Waals surface area contributed by atoms with E-state index in [-0.39, 0.29) is 0 Å². The Morgan fingerprint density at radius 2 is 1.92 bits per heavy atom. The van der Waals surface area contributed by atoms with E-state index < -0.39 is 0 Å². The van der Waals surface area contributed by atoms with Crippen LogP contribution in [0.4, 0.5) is 0 Å². The van der Waals surface area contributed by atoms with E-state index in [1.807, 2.05) is 0 Å². The Balaban J connectivity index is 1.99. The second-order valence-electron chi connectivity index (χ2n) is 6.09. The van der Waals surface area contributed by atoms with Crippen LogP contribution in [-0.4, -0.2) is 12.2 Å². The van der Waals surface area contributed by atoms with E-state index in [0.717, 1.165) is 18.4 Å². The maximum atomic E-state index is 5.61. The molecule has 0 radical (unpaired) electrons. The lowest BCUT2D eigenvalue weighted by atomic mass is 9.66. The molecule has 1 spiro atoms. The van der Waals surface area contributed by atoms with Crippen molar-refractivity contribution in [2.75, 3.05) is 6.61 Å². The van der Waals surface area contributed by atoms with Gasteiger partial charge in [0.25, 0.3) is 0 Å². The summed E-state index contributed by atoms with van der Waals surface area (Å²) in [5, 5.41) is 0. The largest absolute Gasteiger partial charge is 0.369 e. The molecule has 0 aromatic rings. The van der Waals surface area contributed by atoms with Crippen molar-refractivity contribution in [3.05, 3.63) is 0 Å². The number of epoxide rings is 1. The minimum Gasteiger partial charge on any atom is -0.369 e. The van der Waals surface area contributed by atoms with E-state index in [4.69, 9.17) is 4.74 Å². The molecular formula is C12H22O. The minimum atomic E-state index is 0.335. The van der Waals surface area contributed by atoms with Gasteiger partial charge in [0.15, 0.2) is 0 Å². The molecule has 0 bridgehead atoms. The van der Waals surface area contributed by atoms with E-state index in [1.165, 1.54) is 19.3 Å². The van der Waals surface area contributed by atoms with Crippen molar-refractivity contribution in [3.63, 3.8) is 0 Å². The van der Waals surface area contributed by atoms with E-state index >= 15 is 0 Å². The molecule has 1 nitrogen and oxygen atoms in total. The highest BCUT2D eigenvalue weighted by Crippen LogP contribution is 2.51. The van der Waals surface area contributed by atoms with Gasteiger partial charge in [-0.05, 0) is 36.5 Å². The molecule has 1 heterocycles. The lowest BCUT2D eigenvalue weighted by Crippen LogP contribution is -2.35. The fourth-order valence-electron chi connectivity index (χ4n) is 2.73. The lowest BCUT2D eigenvalue weighted by Gasteiger charge is -2.39. The molecule has 1 saturated carbocycles. The van der Waals surface area contributed by atoms with Crippen LogP contribution in [0.1, 0.15) is 47.0 Å². The van der Waals surface area contributed by atoms with Crippen LogP contribution < -0.4 is 0 Å². The van der Waals surface area contributed by atoms with Crippen LogP contribution in [0.15, 0.2) is 0 Å². The van der Waals surface area contributed by atoms with Gasteiger partial charge in [-0.3, -0.25) is 0 Å². The summed E-state index contributed by atoms with van der Waals surface area (Å²) in [7, 11) is 0. The Kier molecular flexibility index (Phi) is 1.99. The first kappa shape index (κ1) is 9.51. The first-order valence-electron chi connectivity index (χ1n) is 5.58. The number of rotatable bonds is 0. The van der Waals surface area contributed by atoms with Crippen molar-refractivity contribution in [3.8, 4) is 0 Å². The second-order valence-corrected chi connectivity index (χ2v) is 6.09. The number of hydrogen-bond donors (Lipinski definition) is 0. The van der Waals surface area contributed by atoms with Crippen LogP contribution >= 0.6 is 0 Å². The van der Waals surface area contributed by atoms with Gasteiger partial charge in [0.1, 0.15) is 0 Å². The zero-order valence-electron chi connectivity index (χ0n) is 9.39. The van der Waals surface area contributed by atoms with E-state index in [1.54, 1.807) is 0 Å². The monoisotopic (exact) mass is 182 g/mol. The first-order valence-corrected chi connectivity index (χ1v) is 5.58. The summed E-state index contributed by atoms with van der Waals surface area (Å²) in [4.78, 5) is 0. The molecule has 13 heavy (non-hydrogen) atoms. The molecule has 2 fully saturated rings. The molecule has 2 aliphatic rings. The summed E-state index contributed by atoms with van der Waals surface area (Å²) in [6.07, 6.45) is 4.04. The predicted molar refractivity (Wildman–Crippen MR) is 54.6 cm³/mol. The average Bonchev–Trinajstić information content (AvgIpc) is 2.74. The fourth-order valence-corrected chi connectivity index (χ4v) is 2.73. The highest BCUT2D eigenvalue weighted by atomic mass is 16.6. The molecule has 0 unspecified atom stereocenters. The third-order valence-electron chi connectivity index (χ3n) is 4.19. The lowest BCUT2D eigenvalue weighted by molar-refractivity contribution is 0.0791. The van der Waals surface area contributed by atoms with Gasteiger partial charge in [0.05, 0.1) is 12.2 Å². The van der Waals surface area contributed by atoms with E-state index in [9.17, 15) is 0 Å². The SMILES string of the molecule is C[C@H]1C[C@@H](C(C)(C)C)CC[C@]12CO2. The van der Waals surface area contributed by atoms with Gasteiger partial charge in [-0.15, -0.1) is 0 Å². The molecule has 0 N–H and O–H groups in total. The van der Waals surface area contributed by atoms with Gasteiger partial charge in [-0.25, -0.2) is 0 Å². The summed E-state index contributed by atoms with van der Waals surface area (Å²) >= 11 is 0. The van der Waals surface area contributed by atoms with Gasteiger partial charge >= 0.3 is 0 Å². The van der Waals surface area contributed by atoms with Crippen LogP contribution in [0.25, 0.3) is 0 Å². The molecular weight excluding hydrogens is 160 g/mol. The Morgan fingerprint density at radius 3 is 2.31 bits per heavy atom. The minimum absolute atomic E-state index is 0.335. The van der Waals surface area contributed by atoms with Crippen LogP contribution in [-0.2, 0) is 4.74 Å². The molecule has 2 rings (SSSR count). The molecule has 1 aliphatic heterocycles. The first-order chi connectivity index (χ1) is 5.94. The van der Waals surface area contributed by atoms with Crippen LogP contribution in [0, 0.1) is 17.3 Å². The molecule has 0 amide bonds. The third-order valence-corrected chi connectivity index (χ3v) is 4.19. The van der Waals surface area contributed by atoms with Crippen LogP contribution in [0.3, 0.4) is 0 Å². The zero-order valence-corrected chi connectivity index (χ0v) is 9.39. The number of hydrogen-bond acceptors (Lipinski definition) is 1. The smallest absolute Gasteiger partial charge is 0.0942 e. The Morgan fingerprint density at radius 1 is 1.31 bits per heavy atom. The predicted octanol–water partition coefficient (Wildman–Crippen LogP) is 3.24. The molecule has 1 aliphatic carbocycles. The van der Waals surface area contributed by atoms with Gasteiger partial charge in [0, 0.05) is 0 Å². The van der Waals surface area contributed by atoms with Crippen molar-refractivity contribution in [1.29, 1.82) is 0 Å². The number of ether oxygens (including phenoxy) is 1. The summed E-state index contributed by atoms with van der Waals surface area (Å²) < 4.78 is 5.61. The van der Waals surface area contributed by atoms with Gasteiger partial charge in [0.2, 0.25) is 0 Å². The quantitative estimate of drug-likeness (QED) is 0.524. The topological polar surface area (TPSA) is 12.5 Å². The molecule has 0 aromatic carbocycles. The van der Waals surface area contributed by atoms with Crippen molar-refractivity contribution in [1.82, 2.24) is 0 Å². The summed E-state index contributed by atoms with van der Waals surface area (Å²) in [6, 6.07) is 0. The summed E-state index contributed by atoms with van der Waals surface area (Å²) in [6.45, 7) is 10.5. The van der Waals surface area contributed by atoms with Gasteiger partial charge < -0.3 is 4.74 Å².